The second-order valence-corrected chi connectivity index (χ2v) is 10.1. The number of nitrogens with zero attached hydrogens (tertiary/aromatic N) is 1. The molecule has 0 unspecified atom stereocenters. The van der Waals surface area contributed by atoms with Gasteiger partial charge in [0, 0.05) is 24.3 Å². The summed E-state index contributed by atoms with van der Waals surface area (Å²) in [4.78, 5) is 27.5. The van der Waals surface area contributed by atoms with Crippen molar-refractivity contribution in [3.05, 3.63) is 29.8 Å². The molecule has 6 rings (SSSR count). The van der Waals surface area contributed by atoms with Crippen LogP contribution in [-0.2, 0) is 4.79 Å². The smallest absolute Gasteiger partial charge is 0.253 e. The predicted octanol–water partition coefficient (Wildman–Crippen LogP) is 3.95. The van der Waals surface area contributed by atoms with Crippen LogP contribution >= 0.6 is 12.2 Å². The van der Waals surface area contributed by atoms with Gasteiger partial charge in [0.2, 0.25) is 5.91 Å². The number of thiocarbonyl (C=S) groups is 1. The summed E-state index contributed by atoms with van der Waals surface area (Å²) in [5.41, 5.74) is 1.28. The molecule has 2 N–H and O–H groups in total. The Balaban J connectivity index is 1.19. The molecule has 4 bridgehead atoms. The first-order valence-electron chi connectivity index (χ1n) is 11.0. The fourth-order valence-corrected chi connectivity index (χ4v) is 6.80. The number of hydrogen-bond acceptors (Lipinski definition) is 3. The molecular formula is C23H29N3O2S. The number of carbonyl (C=O) groups is 2. The minimum atomic E-state index is -0.202. The van der Waals surface area contributed by atoms with E-state index in [1.165, 1.54) is 19.3 Å². The summed E-state index contributed by atoms with van der Waals surface area (Å²) < 4.78 is 0. The summed E-state index contributed by atoms with van der Waals surface area (Å²) in [6, 6.07) is 7.36. The lowest BCUT2D eigenvalue weighted by Crippen LogP contribution is -2.55. The molecule has 1 heterocycles. The molecule has 5 aliphatic rings. The van der Waals surface area contributed by atoms with Crippen LogP contribution in [0.2, 0.25) is 0 Å². The van der Waals surface area contributed by atoms with E-state index in [-0.39, 0.29) is 17.2 Å². The van der Waals surface area contributed by atoms with Gasteiger partial charge in [-0.05, 0) is 106 Å². The maximum atomic E-state index is 13.1. The summed E-state index contributed by atoms with van der Waals surface area (Å²) in [5, 5.41) is 6.44. The van der Waals surface area contributed by atoms with E-state index in [4.69, 9.17) is 12.2 Å². The van der Waals surface area contributed by atoms with Crippen LogP contribution in [0.15, 0.2) is 24.3 Å². The third-order valence-corrected chi connectivity index (χ3v) is 7.73. The first-order chi connectivity index (χ1) is 14.0. The molecule has 0 aromatic heterocycles. The van der Waals surface area contributed by atoms with Gasteiger partial charge in [-0.25, -0.2) is 0 Å². The van der Waals surface area contributed by atoms with Crippen LogP contribution in [0.4, 0.5) is 5.69 Å². The van der Waals surface area contributed by atoms with Gasteiger partial charge in [-0.1, -0.05) is 0 Å². The lowest BCUT2D eigenvalue weighted by molar-refractivity contribution is -0.144. The van der Waals surface area contributed by atoms with Gasteiger partial charge in [0.15, 0.2) is 5.11 Å². The summed E-state index contributed by atoms with van der Waals surface area (Å²) in [6.45, 7) is 1.69. The lowest BCUT2D eigenvalue weighted by atomic mass is 9.49. The molecule has 4 saturated carbocycles. The van der Waals surface area contributed by atoms with Crippen molar-refractivity contribution in [1.82, 2.24) is 10.2 Å². The van der Waals surface area contributed by atoms with Crippen LogP contribution in [0.3, 0.4) is 0 Å². The Morgan fingerprint density at radius 2 is 1.48 bits per heavy atom. The van der Waals surface area contributed by atoms with E-state index in [2.05, 4.69) is 10.6 Å². The molecular weight excluding hydrogens is 382 g/mol. The number of hydrogen-bond donors (Lipinski definition) is 2. The van der Waals surface area contributed by atoms with Crippen molar-refractivity contribution in [3.63, 3.8) is 0 Å². The molecule has 1 aliphatic heterocycles. The van der Waals surface area contributed by atoms with Gasteiger partial charge in [0.05, 0.1) is 5.41 Å². The van der Waals surface area contributed by atoms with Crippen LogP contribution in [0.25, 0.3) is 0 Å². The number of benzene rings is 1. The number of carbonyl (C=O) groups excluding carboxylic acids is 2. The molecule has 4 aliphatic carbocycles. The molecule has 2 amide bonds. The van der Waals surface area contributed by atoms with Gasteiger partial charge >= 0.3 is 0 Å². The first kappa shape index (κ1) is 19.0. The van der Waals surface area contributed by atoms with E-state index in [0.717, 1.165) is 68.6 Å². The largest absolute Gasteiger partial charge is 0.339 e. The first-order valence-corrected chi connectivity index (χ1v) is 11.4. The van der Waals surface area contributed by atoms with E-state index < -0.39 is 0 Å². The molecule has 5 nitrogen and oxygen atoms in total. The van der Waals surface area contributed by atoms with Gasteiger partial charge in [-0.3, -0.25) is 9.59 Å². The van der Waals surface area contributed by atoms with E-state index in [9.17, 15) is 9.59 Å². The maximum Gasteiger partial charge on any atom is 0.253 e. The predicted molar refractivity (Wildman–Crippen MR) is 117 cm³/mol. The van der Waals surface area contributed by atoms with Crippen LogP contribution in [0, 0.1) is 23.2 Å². The molecule has 5 fully saturated rings. The van der Waals surface area contributed by atoms with Crippen molar-refractivity contribution >= 4 is 34.8 Å². The Labute approximate surface area is 177 Å². The third kappa shape index (κ3) is 3.67. The van der Waals surface area contributed by atoms with Gasteiger partial charge in [0.1, 0.15) is 0 Å². The topological polar surface area (TPSA) is 61.4 Å². The van der Waals surface area contributed by atoms with E-state index in [1.807, 2.05) is 29.2 Å². The van der Waals surface area contributed by atoms with Gasteiger partial charge in [0.25, 0.3) is 5.91 Å². The Bertz CT molecular complexity index is 794. The SMILES string of the molecule is O=C(c1ccc(NC(=S)NC(=O)C23CC4CC(CC(C4)C2)C3)cc1)N1CCCC1. The lowest BCUT2D eigenvalue weighted by Gasteiger charge is -2.55. The number of nitrogens with one attached hydrogen (secondary N) is 2. The quantitative estimate of drug-likeness (QED) is 0.740. The highest BCUT2D eigenvalue weighted by Gasteiger charge is 2.54. The van der Waals surface area contributed by atoms with E-state index >= 15 is 0 Å². The molecule has 0 radical (unpaired) electrons. The van der Waals surface area contributed by atoms with Gasteiger partial charge < -0.3 is 15.5 Å². The molecule has 154 valence electrons. The zero-order chi connectivity index (χ0) is 20.0. The average Bonchev–Trinajstić information content (AvgIpc) is 3.21. The number of amides is 2. The molecule has 0 atom stereocenters. The minimum absolute atomic E-state index is 0.0896. The highest BCUT2D eigenvalue weighted by atomic mass is 32.1. The standard InChI is InChI=1S/C23H29N3O2S/c27-20(26-7-1-2-8-26)18-3-5-19(6-4-18)24-22(29)25-21(28)23-12-15-9-16(13-23)11-17(10-15)14-23/h3-6,15-17H,1-2,7-14H2,(H2,24,25,28,29). The van der Waals surface area contributed by atoms with Crippen molar-refractivity contribution in [2.75, 3.05) is 18.4 Å². The van der Waals surface area contributed by atoms with Gasteiger partial charge in [-0.15, -0.1) is 0 Å². The highest BCUT2D eigenvalue weighted by molar-refractivity contribution is 7.80. The highest BCUT2D eigenvalue weighted by Crippen LogP contribution is 2.60. The molecule has 29 heavy (non-hydrogen) atoms. The van der Waals surface area contributed by atoms with Crippen molar-refractivity contribution in [1.29, 1.82) is 0 Å². The Kier molecular flexibility index (Phi) is 4.85. The van der Waals surface area contributed by atoms with Gasteiger partial charge in [-0.2, -0.15) is 0 Å². The zero-order valence-electron chi connectivity index (χ0n) is 16.8. The van der Waals surface area contributed by atoms with Crippen molar-refractivity contribution in [2.24, 2.45) is 23.2 Å². The molecule has 1 saturated heterocycles. The number of rotatable bonds is 3. The van der Waals surface area contributed by atoms with E-state index in [0.29, 0.717) is 10.7 Å². The minimum Gasteiger partial charge on any atom is -0.339 e. The fraction of sp³-hybridized carbons (Fsp3) is 0.609. The van der Waals surface area contributed by atoms with Crippen molar-refractivity contribution in [3.8, 4) is 0 Å². The normalized spacial score (nSPS) is 32.3. The van der Waals surface area contributed by atoms with Crippen molar-refractivity contribution < 1.29 is 9.59 Å². The Hall–Kier alpha value is -1.95. The molecule has 0 spiro atoms. The van der Waals surface area contributed by atoms with Crippen LogP contribution in [0.1, 0.15) is 61.7 Å². The summed E-state index contributed by atoms with van der Waals surface area (Å²) in [5.74, 6) is 2.39. The summed E-state index contributed by atoms with van der Waals surface area (Å²) in [7, 11) is 0. The fourth-order valence-electron chi connectivity index (χ4n) is 6.59. The molecule has 6 heteroatoms. The molecule has 1 aromatic carbocycles. The maximum absolute atomic E-state index is 13.1. The van der Waals surface area contributed by atoms with Crippen LogP contribution in [0.5, 0.6) is 0 Å². The van der Waals surface area contributed by atoms with Crippen molar-refractivity contribution in [2.45, 2.75) is 51.4 Å². The number of likely N-dealkylation sites (tertiary alicyclic amines) is 1. The number of anilines is 1. The monoisotopic (exact) mass is 411 g/mol. The summed E-state index contributed by atoms with van der Waals surface area (Å²) in [6.07, 6.45) is 9.21. The zero-order valence-corrected chi connectivity index (χ0v) is 17.6. The van der Waals surface area contributed by atoms with E-state index in [1.54, 1.807) is 0 Å². The Morgan fingerprint density at radius 1 is 0.931 bits per heavy atom. The second-order valence-electron chi connectivity index (χ2n) is 9.68. The van der Waals surface area contributed by atoms with Crippen LogP contribution < -0.4 is 10.6 Å². The van der Waals surface area contributed by atoms with Crippen LogP contribution in [-0.4, -0.2) is 34.9 Å². The average molecular weight is 412 g/mol. The molecule has 1 aromatic rings. The Morgan fingerprint density at radius 3 is 2.03 bits per heavy atom. The summed E-state index contributed by atoms with van der Waals surface area (Å²) >= 11 is 5.42. The third-order valence-electron chi connectivity index (χ3n) is 7.53. The second kappa shape index (κ2) is 7.38.